The van der Waals surface area contributed by atoms with Gasteiger partial charge in [0.15, 0.2) is 0 Å². The van der Waals surface area contributed by atoms with Crippen LogP contribution in [0.4, 0.5) is 0 Å². The molecule has 1 saturated heterocycles. The van der Waals surface area contributed by atoms with Crippen molar-refractivity contribution in [2.45, 2.75) is 6.92 Å². The second kappa shape index (κ2) is 9.09. The molecule has 2 heterocycles. The van der Waals surface area contributed by atoms with E-state index in [1.165, 1.54) is 0 Å². The highest BCUT2D eigenvalue weighted by atomic mass is 16.5. The molecule has 1 aromatic heterocycles. The van der Waals surface area contributed by atoms with Gasteiger partial charge in [-0.2, -0.15) is 5.10 Å². The van der Waals surface area contributed by atoms with Crippen LogP contribution in [0.15, 0.2) is 49.2 Å². The lowest BCUT2D eigenvalue weighted by Gasteiger charge is -2.30. The van der Waals surface area contributed by atoms with Crippen LogP contribution < -0.4 is 11.3 Å². The van der Waals surface area contributed by atoms with Crippen molar-refractivity contribution in [3.05, 3.63) is 54.9 Å². The predicted molar refractivity (Wildman–Crippen MR) is 94.1 cm³/mol. The van der Waals surface area contributed by atoms with Crippen LogP contribution in [0, 0.1) is 0 Å². The van der Waals surface area contributed by atoms with Gasteiger partial charge in [0, 0.05) is 31.4 Å². The molecule has 0 unspecified atom stereocenters. The van der Waals surface area contributed by atoms with Crippen LogP contribution in [0.1, 0.15) is 12.6 Å². The van der Waals surface area contributed by atoms with Crippen molar-refractivity contribution in [1.82, 2.24) is 20.1 Å². The topological polar surface area (TPSA) is 68.3 Å². The maximum Gasteiger partial charge on any atom is 0.127 e. The van der Waals surface area contributed by atoms with Crippen molar-refractivity contribution in [2.24, 2.45) is 5.84 Å². The fraction of sp³-hybridized carbons (Fsp3) is 0.353. The first-order valence-corrected chi connectivity index (χ1v) is 7.78. The number of ether oxygens (including phenoxy) is 1. The number of rotatable bonds is 7. The number of nitrogens with one attached hydrogen (secondary N) is 1. The first-order valence-electron chi connectivity index (χ1n) is 7.78. The highest BCUT2D eigenvalue weighted by Crippen LogP contribution is 2.18. The van der Waals surface area contributed by atoms with E-state index >= 15 is 0 Å². The zero-order valence-corrected chi connectivity index (χ0v) is 13.6. The second-order valence-electron chi connectivity index (χ2n) is 5.07. The molecule has 1 aliphatic heterocycles. The van der Waals surface area contributed by atoms with E-state index in [4.69, 9.17) is 15.7 Å². The minimum Gasteiger partial charge on any atom is -0.378 e. The molecule has 0 aromatic carbocycles. The van der Waals surface area contributed by atoms with Crippen molar-refractivity contribution < 1.29 is 4.74 Å². The Morgan fingerprint density at radius 2 is 2.26 bits per heavy atom. The van der Waals surface area contributed by atoms with Crippen molar-refractivity contribution >= 4 is 11.4 Å². The van der Waals surface area contributed by atoms with Gasteiger partial charge in [-0.05, 0) is 19.1 Å². The molecule has 0 aliphatic carbocycles. The van der Waals surface area contributed by atoms with Crippen LogP contribution in [0.5, 0.6) is 0 Å². The van der Waals surface area contributed by atoms with Crippen molar-refractivity contribution in [3.63, 3.8) is 0 Å². The molecule has 0 atom stereocenters. The molecule has 6 nitrogen and oxygen atoms in total. The van der Waals surface area contributed by atoms with Gasteiger partial charge >= 0.3 is 0 Å². The van der Waals surface area contributed by atoms with Crippen molar-refractivity contribution in [2.75, 3.05) is 32.8 Å². The molecule has 0 radical (unpaired) electrons. The Labute approximate surface area is 137 Å². The summed E-state index contributed by atoms with van der Waals surface area (Å²) in [5, 5.41) is 4.71. The summed E-state index contributed by atoms with van der Waals surface area (Å²) in [4.78, 5) is 2.25. The smallest absolute Gasteiger partial charge is 0.127 e. The fourth-order valence-electron chi connectivity index (χ4n) is 2.45. The molecule has 1 fully saturated rings. The largest absolute Gasteiger partial charge is 0.378 e. The summed E-state index contributed by atoms with van der Waals surface area (Å²) < 4.78 is 7.32. The van der Waals surface area contributed by atoms with Gasteiger partial charge in [0.1, 0.15) is 5.82 Å². The van der Waals surface area contributed by atoms with Gasteiger partial charge in [-0.1, -0.05) is 30.9 Å². The Kier molecular flexibility index (Phi) is 6.80. The quantitative estimate of drug-likeness (QED) is 0.455. The van der Waals surface area contributed by atoms with Crippen LogP contribution in [0.3, 0.4) is 0 Å². The van der Waals surface area contributed by atoms with Crippen molar-refractivity contribution in [3.8, 4) is 0 Å². The van der Waals surface area contributed by atoms with E-state index in [0.717, 1.165) is 43.4 Å². The Morgan fingerprint density at radius 3 is 2.91 bits per heavy atom. The van der Waals surface area contributed by atoms with Gasteiger partial charge in [0.05, 0.1) is 18.9 Å². The highest BCUT2D eigenvalue weighted by Gasteiger charge is 2.16. The standard InChI is InChI=1S/C17H25N5O/c1-3-5-15(6-4-2)16-8-10-22(20-16)17(7-9-19-18)21-11-13-23-14-12-21/h3-8,10,19H,1,9,11-14,18H2,2H3/b6-4-,15-5+,17-7-. The molecule has 1 aliphatic rings. The summed E-state index contributed by atoms with van der Waals surface area (Å²) in [7, 11) is 0. The molecule has 23 heavy (non-hydrogen) atoms. The van der Waals surface area contributed by atoms with E-state index in [9.17, 15) is 0 Å². The Hall–Kier alpha value is -2.15. The molecular formula is C17H25N5O. The number of hydrogen-bond acceptors (Lipinski definition) is 5. The average molecular weight is 315 g/mol. The van der Waals surface area contributed by atoms with Gasteiger partial charge in [-0.25, -0.2) is 4.68 Å². The lowest BCUT2D eigenvalue weighted by molar-refractivity contribution is 0.0611. The summed E-state index contributed by atoms with van der Waals surface area (Å²) in [5.74, 6) is 6.43. The minimum atomic E-state index is 0.575. The van der Waals surface area contributed by atoms with Crippen LogP contribution in [-0.2, 0) is 4.74 Å². The Balaban J connectivity index is 2.29. The fourth-order valence-corrected chi connectivity index (χ4v) is 2.45. The molecule has 0 saturated carbocycles. The first kappa shape index (κ1) is 17.2. The summed E-state index contributed by atoms with van der Waals surface area (Å²) >= 11 is 0. The van der Waals surface area contributed by atoms with E-state index in [0.29, 0.717) is 6.54 Å². The number of nitrogens with zero attached hydrogens (tertiary/aromatic N) is 3. The van der Waals surface area contributed by atoms with E-state index in [-0.39, 0.29) is 0 Å². The molecule has 1 aromatic rings. The SMILES string of the molecule is C=C/C=C(\C=C/C)c1ccn(/C(=C\CNN)N2CCOCC2)n1. The molecule has 124 valence electrons. The zero-order chi connectivity index (χ0) is 16.5. The molecule has 3 N–H and O–H groups in total. The lowest BCUT2D eigenvalue weighted by atomic mass is 10.1. The molecular weight excluding hydrogens is 290 g/mol. The van der Waals surface area contributed by atoms with Gasteiger partial charge in [-0.3, -0.25) is 11.3 Å². The molecule has 0 amide bonds. The van der Waals surface area contributed by atoms with Gasteiger partial charge in [-0.15, -0.1) is 0 Å². The minimum absolute atomic E-state index is 0.575. The predicted octanol–water partition coefficient (Wildman–Crippen LogP) is 1.62. The van der Waals surface area contributed by atoms with Crippen LogP contribution in [-0.4, -0.2) is 47.5 Å². The lowest BCUT2D eigenvalue weighted by Crippen LogP contribution is -2.37. The summed E-state index contributed by atoms with van der Waals surface area (Å²) in [6.45, 7) is 9.46. The third-order valence-electron chi connectivity index (χ3n) is 3.50. The maximum absolute atomic E-state index is 5.43. The number of allylic oxidation sites excluding steroid dienone is 5. The number of nitrogens with two attached hydrogens (primary N) is 1. The number of aromatic nitrogens is 2. The maximum atomic E-state index is 5.43. The van der Waals surface area contributed by atoms with Crippen molar-refractivity contribution in [1.29, 1.82) is 0 Å². The molecule has 2 rings (SSSR count). The van der Waals surface area contributed by atoms with Crippen LogP contribution >= 0.6 is 0 Å². The second-order valence-corrected chi connectivity index (χ2v) is 5.07. The Bertz CT molecular complexity index is 594. The normalized spacial score (nSPS) is 17.0. The zero-order valence-electron chi connectivity index (χ0n) is 13.6. The van der Waals surface area contributed by atoms with E-state index in [2.05, 4.69) is 16.9 Å². The van der Waals surface area contributed by atoms with E-state index in [1.54, 1.807) is 6.08 Å². The first-order chi connectivity index (χ1) is 11.3. The number of hydrazine groups is 1. The van der Waals surface area contributed by atoms with E-state index < -0.39 is 0 Å². The summed E-state index contributed by atoms with van der Waals surface area (Å²) in [5.41, 5.74) is 4.60. The molecule has 0 bridgehead atoms. The van der Waals surface area contributed by atoms with Gasteiger partial charge in [0.25, 0.3) is 0 Å². The van der Waals surface area contributed by atoms with E-state index in [1.807, 2.05) is 48.2 Å². The summed E-state index contributed by atoms with van der Waals surface area (Å²) in [6, 6.07) is 2.00. The Morgan fingerprint density at radius 1 is 1.48 bits per heavy atom. The molecule has 0 spiro atoms. The van der Waals surface area contributed by atoms with Crippen LogP contribution in [0.25, 0.3) is 11.4 Å². The third-order valence-corrected chi connectivity index (χ3v) is 3.50. The average Bonchev–Trinajstić information content (AvgIpc) is 3.06. The van der Waals surface area contributed by atoms with Gasteiger partial charge in [0.2, 0.25) is 0 Å². The number of hydrogen-bond donors (Lipinski definition) is 2. The van der Waals surface area contributed by atoms with Gasteiger partial charge < -0.3 is 9.64 Å². The van der Waals surface area contributed by atoms with Crippen LogP contribution in [0.2, 0.25) is 0 Å². The number of morpholine rings is 1. The summed E-state index contributed by atoms with van der Waals surface area (Å²) in [6.07, 6.45) is 11.7. The molecule has 6 heteroatoms. The third kappa shape index (κ3) is 4.66. The monoisotopic (exact) mass is 315 g/mol. The highest BCUT2D eigenvalue weighted by molar-refractivity contribution is 5.72.